The first-order valence-electron chi connectivity index (χ1n) is 9.67. The Labute approximate surface area is 190 Å². The SMILES string of the molecule is COC(=O)CN1C(=S)N(c2ccc(OC)cc2)C(=O)[C@@H]1CC(=O)Nc1ccc(OC)cc1. The zero-order valence-electron chi connectivity index (χ0n) is 17.9. The van der Waals surface area contributed by atoms with Crippen LogP contribution in [0, 0.1) is 0 Å². The van der Waals surface area contributed by atoms with Gasteiger partial charge in [0.1, 0.15) is 24.1 Å². The van der Waals surface area contributed by atoms with Crippen LogP contribution in [0.1, 0.15) is 6.42 Å². The highest BCUT2D eigenvalue weighted by Crippen LogP contribution is 2.29. The van der Waals surface area contributed by atoms with Crippen LogP contribution in [0.5, 0.6) is 11.5 Å². The van der Waals surface area contributed by atoms with E-state index in [2.05, 4.69) is 5.32 Å². The summed E-state index contributed by atoms with van der Waals surface area (Å²) >= 11 is 5.48. The molecule has 0 aromatic heterocycles. The van der Waals surface area contributed by atoms with Crippen molar-refractivity contribution < 1.29 is 28.6 Å². The summed E-state index contributed by atoms with van der Waals surface area (Å²) in [6.07, 6.45) is -0.200. The molecule has 1 fully saturated rings. The highest BCUT2D eigenvalue weighted by atomic mass is 32.1. The number of nitrogens with zero attached hydrogens (tertiary/aromatic N) is 2. The number of amides is 2. The van der Waals surface area contributed by atoms with Gasteiger partial charge in [0.25, 0.3) is 5.91 Å². The minimum atomic E-state index is -0.957. The number of thiocarbonyl (C=S) groups is 1. The summed E-state index contributed by atoms with van der Waals surface area (Å²) in [5.74, 6) is -0.110. The highest BCUT2D eigenvalue weighted by Gasteiger charge is 2.45. The largest absolute Gasteiger partial charge is 0.497 e. The van der Waals surface area contributed by atoms with Crippen LogP contribution in [0.3, 0.4) is 0 Å². The van der Waals surface area contributed by atoms with E-state index in [0.717, 1.165) is 0 Å². The number of carbonyl (C=O) groups excluding carboxylic acids is 3. The molecule has 2 aromatic rings. The summed E-state index contributed by atoms with van der Waals surface area (Å²) in [5, 5.41) is 2.86. The minimum absolute atomic E-state index is 0.118. The van der Waals surface area contributed by atoms with Crippen LogP contribution in [0.25, 0.3) is 0 Å². The van der Waals surface area contributed by atoms with Gasteiger partial charge in [0, 0.05) is 5.69 Å². The van der Waals surface area contributed by atoms with Gasteiger partial charge in [-0.1, -0.05) is 0 Å². The van der Waals surface area contributed by atoms with Gasteiger partial charge in [-0.05, 0) is 60.7 Å². The quantitative estimate of drug-likeness (QED) is 0.476. The van der Waals surface area contributed by atoms with Gasteiger partial charge in [0.2, 0.25) is 5.91 Å². The Morgan fingerprint density at radius 1 is 0.969 bits per heavy atom. The average molecular weight is 458 g/mol. The summed E-state index contributed by atoms with van der Waals surface area (Å²) < 4.78 is 15.0. The van der Waals surface area contributed by atoms with Crippen molar-refractivity contribution in [3.63, 3.8) is 0 Å². The maximum Gasteiger partial charge on any atom is 0.325 e. The second-order valence-electron chi connectivity index (χ2n) is 6.85. The summed E-state index contributed by atoms with van der Waals surface area (Å²) in [4.78, 5) is 40.6. The normalized spacial score (nSPS) is 15.5. The molecule has 0 aliphatic carbocycles. The number of anilines is 2. The molecule has 9 nitrogen and oxygen atoms in total. The zero-order chi connectivity index (χ0) is 23.3. The van der Waals surface area contributed by atoms with E-state index in [-0.39, 0.29) is 18.1 Å². The highest BCUT2D eigenvalue weighted by molar-refractivity contribution is 7.80. The standard InChI is InChI=1S/C22H23N3O6S/c1-29-16-8-4-14(5-9-16)23-19(26)12-18-21(28)25(15-6-10-17(30-2)11-7-15)22(32)24(18)13-20(27)31-3/h4-11,18H,12-13H2,1-3H3,(H,23,26)/t18-/m0/s1. The molecule has 0 saturated carbocycles. The summed E-state index contributed by atoms with van der Waals surface area (Å²) in [6, 6.07) is 12.6. The summed E-state index contributed by atoms with van der Waals surface area (Å²) in [6.45, 7) is -0.256. The fourth-order valence-electron chi connectivity index (χ4n) is 3.25. The predicted molar refractivity (Wildman–Crippen MR) is 122 cm³/mol. The predicted octanol–water partition coefficient (Wildman–Crippen LogP) is 2.21. The Balaban J connectivity index is 1.81. The Kier molecular flexibility index (Phi) is 7.26. The van der Waals surface area contributed by atoms with Gasteiger partial charge in [-0.25, -0.2) is 0 Å². The van der Waals surface area contributed by atoms with Crippen LogP contribution in [0.2, 0.25) is 0 Å². The smallest absolute Gasteiger partial charge is 0.325 e. The second-order valence-corrected chi connectivity index (χ2v) is 7.22. The molecule has 1 saturated heterocycles. The van der Waals surface area contributed by atoms with E-state index in [4.69, 9.17) is 26.4 Å². The number of hydrogen-bond acceptors (Lipinski definition) is 7. The van der Waals surface area contributed by atoms with Gasteiger partial charge in [-0.2, -0.15) is 0 Å². The molecule has 2 aromatic carbocycles. The third-order valence-electron chi connectivity index (χ3n) is 4.93. The third-order valence-corrected chi connectivity index (χ3v) is 5.35. The number of rotatable bonds is 8. The lowest BCUT2D eigenvalue weighted by Gasteiger charge is -2.22. The van der Waals surface area contributed by atoms with Gasteiger partial charge < -0.3 is 24.4 Å². The van der Waals surface area contributed by atoms with Crippen LogP contribution in [0.4, 0.5) is 11.4 Å². The van der Waals surface area contributed by atoms with Crippen LogP contribution in [-0.2, 0) is 19.1 Å². The third kappa shape index (κ3) is 4.97. The van der Waals surface area contributed by atoms with Crippen LogP contribution in [-0.4, -0.2) is 61.7 Å². The van der Waals surface area contributed by atoms with Crippen LogP contribution >= 0.6 is 12.2 Å². The number of nitrogens with one attached hydrogen (secondary N) is 1. The fraction of sp³-hybridized carbons (Fsp3) is 0.273. The lowest BCUT2D eigenvalue weighted by Crippen LogP contribution is -2.41. The first-order valence-corrected chi connectivity index (χ1v) is 10.1. The van der Waals surface area contributed by atoms with Gasteiger partial charge >= 0.3 is 5.97 Å². The molecule has 32 heavy (non-hydrogen) atoms. The lowest BCUT2D eigenvalue weighted by molar-refractivity contribution is -0.141. The van der Waals surface area contributed by atoms with E-state index in [9.17, 15) is 14.4 Å². The second kappa shape index (κ2) is 10.1. The lowest BCUT2D eigenvalue weighted by atomic mass is 10.1. The number of ether oxygens (including phenoxy) is 3. The van der Waals surface area contributed by atoms with E-state index < -0.39 is 23.8 Å². The minimum Gasteiger partial charge on any atom is -0.497 e. The molecule has 3 rings (SSSR count). The van der Waals surface area contributed by atoms with E-state index in [1.165, 1.54) is 24.0 Å². The molecule has 1 atom stereocenters. The zero-order valence-corrected chi connectivity index (χ0v) is 18.7. The molecular weight excluding hydrogens is 434 g/mol. The Bertz CT molecular complexity index is 1010. The van der Waals surface area contributed by atoms with E-state index in [1.54, 1.807) is 55.6 Å². The number of carbonyl (C=O) groups is 3. The van der Waals surface area contributed by atoms with Crippen molar-refractivity contribution in [1.29, 1.82) is 0 Å². The van der Waals surface area contributed by atoms with Gasteiger partial charge in [0.15, 0.2) is 5.11 Å². The number of methoxy groups -OCH3 is 3. The average Bonchev–Trinajstić information content (AvgIpc) is 3.03. The maximum absolute atomic E-state index is 13.2. The van der Waals surface area contributed by atoms with Crippen LogP contribution in [0.15, 0.2) is 48.5 Å². The molecule has 1 aliphatic rings. The number of esters is 1. The van der Waals surface area contributed by atoms with Gasteiger partial charge in [0.05, 0.1) is 33.4 Å². The Morgan fingerprint density at radius 2 is 1.53 bits per heavy atom. The first-order chi connectivity index (χ1) is 15.4. The molecule has 1 heterocycles. The van der Waals surface area contributed by atoms with Crippen molar-refractivity contribution in [1.82, 2.24) is 4.90 Å². The Hall–Kier alpha value is -3.66. The Morgan fingerprint density at radius 3 is 2.06 bits per heavy atom. The molecular formula is C22H23N3O6S. The van der Waals surface area contributed by atoms with Crippen LogP contribution < -0.4 is 19.7 Å². The number of benzene rings is 2. The molecule has 0 bridgehead atoms. The molecule has 2 amide bonds. The van der Waals surface area contributed by atoms with E-state index in [1.807, 2.05) is 0 Å². The molecule has 1 aliphatic heterocycles. The van der Waals surface area contributed by atoms with Crippen molar-refractivity contribution in [2.45, 2.75) is 12.5 Å². The van der Waals surface area contributed by atoms with Crippen molar-refractivity contribution in [2.75, 3.05) is 38.1 Å². The van der Waals surface area contributed by atoms with Gasteiger partial charge in [-0.15, -0.1) is 0 Å². The monoisotopic (exact) mass is 457 g/mol. The molecule has 10 heteroatoms. The van der Waals surface area contributed by atoms with Crippen molar-refractivity contribution in [2.24, 2.45) is 0 Å². The molecule has 0 unspecified atom stereocenters. The number of hydrogen-bond donors (Lipinski definition) is 1. The van der Waals surface area contributed by atoms with Crippen molar-refractivity contribution in [3.8, 4) is 11.5 Å². The maximum atomic E-state index is 13.2. The first kappa shape index (κ1) is 23.0. The van der Waals surface area contributed by atoms with E-state index in [0.29, 0.717) is 22.9 Å². The molecule has 1 N–H and O–H groups in total. The van der Waals surface area contributed by atoms with Crippen molar-refractivity contribution >= 4 is 46.5 Å². The van der Waals surface area contributed by atoms with E-state index >= 15 is 0 Å². The van der Waals surface area contributed by atoms with Crippen molar-refractivity contribution in [3.05, 3.63) is 48.5 Å². The topological polar surface area (TPSA) is 97.4 Å². The molecule has 0 spiro atoms. The summed E-state index contributed by atoms with van der Waals surface area (Å²) in [7, 11) is 4.33. The van der Waals surface area contributed by atoms with Gasteiger partial charge in [-0.3, -0.25) is 19.3 Å². The summed E-state index contributed by atoms with van der Waals surface area (Å²) in [5.41, 5.74) is 1.06. The molecule has 168 valence electrons. The fourth-order valence-corrected chi connectivity index (χ4v) is 3.64. The molecule has 0 radical (unpaired) electrons.